The van der Waals surface area contributed by atoms with E-state index in [1.807, 2.05) is 29.2 Å². The highest BCUT2D eigenvalue weighted by Gasteiger charge is 2.33. The van der Waals surface area contributed by atoms with Crippen molar-refractivity contribution in [1.82, 2.24) is 9.47 Å². The summed E-state index contributed by atoms with van der Waals surface area (Å²) in [5.74, 6) is -1.33. The molecule has 31 heavy (non-hydrogen) atoms. The molecular formula is C24H25BrN2O4. The van der Waals surface area contributed by atoms with E-state index in [4.69, 9.17) is 0 Å². The van der Waals surface area contributed by atoms with Crippen LogP contribution >= 0.6 is 15.9 Å². The third-order valence-corrected chi connectivity index (χ3v) is 6.58. The summed E-state index contributed by atoms with van der Waals surface area (Å²) in [7, 11) is 0. The Bertz CT molecular complexity index is 1090. The van der Waals surface area contributed by atoms with Crippen LogP contribution in [-0.4, -0.2) is 44.7 Å². The van der Waals surface area contributed by atoms with Gasteiger partial charge in [-0.2, -0.15) is 0 Å². The highest BCUT2D eigenvalue weighted by atomic mass is 79.9. The van der Waals surface area contributed by atoms with Crippen LogP contribution in [0, 0.1) is 5.92 Å². The largest absolute Gasteiger partial charge is 0.480 e. The van der Waals surface area contributed by atoms with Crippen molar-refractivity contribution in [2.24, 2.45) is 5.92 Å². The molecule has 4 rings (SSSR count). The Hall–Kier alpha value is -2.64. The van der Waals surface area contributed by atoms with Gasteiger partial charge in [0.15, 0.2) is 0 Å². The van der Waals surface area contributed by atoms with E-state index in [1.165, 1.54) is 5.56 Å². The van der Waals surface area contributed by atoms with Gasteiger partial charge in [0.05, 0.1) is 5.52 Å². The van der Waals surface area contributed by atoms with Crippen molar-refractivity contribution in [2.75, 3.05) is 13.1 Å². The first-order valence-corrected chi connectivity index (χ1v) is 11.2. The maximum atomic E-state index is 12.3. The van der Waals surface area contributed by atoms with Crippen molar-refractivity contribution in [3.8, 4) is 0 Å². The van der Waals surface area contributed by atoms with Gasteiger partial charge in [-0.05, 0) is 56.0 Å². The summed E-state index contributed by atoms with van der Waals surface area (Å²) in [6, 6.07) is 15.2. The van der Waals surface area contributed by atoms with Gasteiger partial charge in [0.1, 0.15) is 12.6 Å². The highest BCUT2D eigenvalue weighted by molar-refractivity contribution is 9.10. The number of fused-ring (bicyclic) bond motifs is 1. The molecule has 3 aromatic rings. The van der Waals surface area contributed by atoms with E-state index in [-0.39, 0.29) is 6.54 Å². The molecule has 162 valence electrons. The molecule has 1 fully saturated rings. The molecular weight excluding hydrogens is 460 g/mol. The molecule has 7 heteroatoms. The lowest BCUT2D eigenvalue weighted by Crippen LogP contribution is -2.40. The Morgan fingerprint density at radius 3 is 2.42 bits per heavy atom. The van der Waals surface area contributed by atoms with Crippen molar-refractivity contribution < 1.29 is 19.8 Å². The van der Waals surface area contributed by atoms with E-state index in [1.54, 1.807) is 10.8 Å². The topological polar surface area (TPSA) is 82.8 Å². The molecule has 0 radical (unpaired) electrons. The van der Waals surface area contributed by atoms with Crippen molar-refractivity contribution in [3.63, 3.8) is 0 Å². The maximum absolute atomic E-state index is 12.3. The van der Waals surface area contributed by atoms with Gasteiger partial charge in [-0.25, -0.2) is 0 Å². The molecule has 2 N–H and O–H groups in total. The number of piperidine rings is 1. The van der Waals surface area contributed by atoms with E-state index in [0.717, 1.165) is 34.6 Å². The zero-order valence-corrected chi connectivity index (χ0v) is 18.7. The fourth-order valence-electron chi connectivity index (χ4n) is 4.64. The normalized spacial score (nSPS) is 16.4. The second-order valence-corrected chi connectivity index (χ2v) is 9.09. The number of carbonyl (C=O) groups is 2. The Kier molecular flexibility index (Phi) is 6.43. The number of carboxylic acid groups (broad SMARTS) is 2. The Labute approximate surface area is 189 Å². The number of hydrogen-bond acceptors (Lipinski definition) is 3. The number of rotatable bonds is 7. The smallest absolute Gasteiger partial charge is 0.325 e. The zero-order valence-electron chi connectivity index (χ0n) is 17.1. The van der Waals surface area contributed by atoms with Crippen LogP contribution in [-0.2, 0) is 22.6 Å². The summed E-state index contributed by atoms with van der Waals surface area (Å²) >= 11 is 3.43. The van der Waals surface area contributed by atoms with Crippen molar-refractivity contribution in [1.29, 1.82) is 0 Å². The monoisotopic (exact) mass is 484 g/mol. The summed E-state index contributed by atoms with van der Waals surface area (Å²) in [6.07, 6.45) is 4.59. The number of likely N-dealkylation sites (tertiary alicyclic amines) is 1. The molecule has 0 saturated carbocycles. The van der Waals surface area contributed by atoms with Gasteiger partial charge in [0.25, 0.3) is 0 Å². The second kappa shape index (κ2) is 9.24. The third kappa shape index (κ3) is 4.83. The molecule has 0 spiro atoms. The average molecular weight is 485 g/mol. The van der Waals surface area contributed by atoms with Crippen LogP contribution in [0.4, 0.5) is 0 Å². The van der Waals surface area contributed by atoms with E-state index < -0.39 is 18.0 Å². The maximum Gasteiger partial charge on any atom is 0.325 e. The SMILES string of the molecule is O=C(O)Cn1cc(C(C(=O)O)N2CCC(Cc3ccccc3)CC2)c2ccc(Br)cc21. The number of carboxylic acids is 2. The zero-order chi connectivity index (χ0) is 22.0. The summed E-state index contributed by atoms with van der Waals surface area (Å²) in [6.45, 7) is 1.20. The molecule has 1 saturated heterocycles. The van der Waals surface area contributed by atoms with Crippen LogP contribution in [0.25, 0.3) is 10.9 Å². The van der Waals surface area contributed by atoms with Gasteiger partial charge < -0.3 is 14.8 Å². The molecule has 2 aromatic carbocycles. The molecule has 1 aliphatic heterocycles. The molecule has 2 heterocycles. The fraction of sp³-hybridized carbons (Fsp3) is 0.333. The van der Waals surface area contributed by atoms with Gasteiger partial charge >= 0.3 is 11.9 Å². The van der Waals surface area contributed by atoms with E-state index in [0.29, 0.717) is 24.6 Å². The van der Waals surface area contributed by atoms with Crippen molar-refractivity contribution >= 4 is 38.8 Å². The minimum Gasteiger partial charge on any atom is -0.480 e. The minimum atomic E-state index is -0.961. The Morgan fingerprint density at radius 2 is 1.77 bits per heavy atom. The molecule has 6 nitrogen and oxygen atoms in total. The highest BCUT2D eigenvalue weighted by Crippen LogP contribution is 2.35. The van der Waals surface area contributed by atoms with Crippen molar-refractivity contribution in [2.45, 2.75) is 31.8 Å². The molecule has 1 unspecified atom stereocenters. The van der Waals surface area contributed by atoms with Crippen LogP contribution in [0.5, 0.6) is 0 Å². The summed E-state index contributed by atoms with van der Waals surface area (Å²) in [4.78, 5) is 25.7. The number of aliphatic carboxylic acids is 2. The lowest BCUT2D eigenvalue weighted by molar-refractivity contribution is -0.144. The van der Waals surface area contributed by atoms with Crippen LogP contribution < -0.4 is 0 Å². The number of halogens is 1. The lowest BCUT2D eigenvalue weighted by atomic mass is 9.89. The first-order valence-electron chi connectivity index (χ1n) is 10.4. The second-order valence-electron chi connectivity index (χ2n) is 8.18. The van der Waals surface area contributed by atoms with Gasteiger partial charge in [0, 0.05) is 21.6 Å². The molecule has 1 aromatic heterocycles. The third-order valence-electron chi connectivity index (χ3n) is 6.09. The average Bonchev–Trinajstić information content (AvgIpc) is 3.06. The summed E-state index contributed by atoms with van der Waals surface area (Å²) < 4.78 is 2.44. The van der Waals surface area contributed by atoms with Crippen LogP contribution in [0.15, 0.2) is 59.2 Å². The van der Waals surface area contributed by atoms with Crippen LogP contribution in [0.2, 0.25) is 0 Å². The van der Waals surface area contributed by atoms with Crippen LogP contribution in [0.1, 0.15) is 30.0 Å². The summed E-state index contributed by atoms with van der Waals surface area (Å²) in [5, 5.41) is 20.2. The lowest BCUT2D eigenvalue weighted by Gasteiger charge is -2.35. The molecule has 1 atom stereocenters. The number of benzene rings is 2. The molecule has 0 bridgehead atoms. The number of hydrogen-bond donors (Lipinski definition) is 2. The molecule has 0 aliphatic carbocycles. The van der Waals surface area contributed by atoms with E-state index >= 15 is 0 Å². The van der Waals surface area contributed by atoms with Gasteiger partial charge in [-0.15, -0.1) is 0 Å². The quantitative estimate of drug-likeness (QED) is 0.513. The van der Waals surface area contributed by atoms with Gasteiger partial charge in [0.2, 0.25) is 0 Å². The van der Waals surface area contributed by atoms with E-state index in [2.05, 4.69) is 40.2 Å². The summed E-state index contributed by atoms with van der Waals surface area (Å²) in [5.41, 5.74) is 2.69. The van der Waals surface area contributed by atoms with Crippen LogP contribution in [0.3, 0.4) is 0 Å². The minimum absolute atomic E-state index is 0.210. The van der Waals surface area contributed by atoms with E-state index in [9.17, 15) is 19.8 Å². The predicted octanol–water partition coefficient (Wildman–Crippen LogP) is 4.57. The first kappa shape index (κ1) is 21.6. The predicted molar refractivity (Wildman–Crippen MR) is 122 cm³/mol. The first-order chi connectivity index (χ1) is 14.9. The van der Waals surface area contributed by atoms with Gasteiger partial charge in [-0.3, -0.25) is 14.5 Å². The standard InChI is InChI=1S/C24H25BrN2O4/c25-18-6-7-19-20(14-27(15-22(28)29)21(19)13-18)23(24(30)31)26-10-8-17(9-11-26)12-16-4-2-1-3-5-16/h1-7,13-14,17,23H,8-12,15H2,(H,28,29)(H,30,31). The van der Waals surface area contributed by atoms with Crippen molar-refractivity contribution in [3.05, 3.63) is 70.3 Å². The molecule has 1 aliphatic rings. The number of nitrogens with zero attached hydrogens (tertiary/aromatic N) is 2. The molecule has 0 amide bonds. The Morgan fingerprint density at radius 1 is 1.06 bits per heavy atom. The Balaban J connectivity index is 1.58. The number of aromatic nitrogens is 1. The fourth-order valence-corrected chi connectivity index (χ4v) is 4.99. The van der Waals surface area contributed by atoms with Gasteiger partial charge in [-0.1, -0.05) is 52.3 Å².